The monoisotopic (exact) mass is 579 g/mol. The second-order valence-electron chi connectivity index (χ2n) is 10.7. The van der Waals surface area contributed by atoms with Crippen LogP contribution in [0, 0.1) is 0 Å². The molecule has 0 atom stereocenters. The van der Waals surface area contributed by atoms with Gasteiger partial charge in [0, 0.05) is 44.4 Å². The van der Waals surface area contributed by atoms with Gasteiger partial charge in [0.25, 0.3) is 11.5 Å². The standard InChI is InChI=1S/C33H33N5O5/c1-22(39)36-16-18-37(19-17-36)32(40)24-6-9-26(10-7-24)35-31-30(43-29-13-8-23-4-3-5-25(23)20-29)21-34-38(33(31)41)27-11-14-28(42-2)15-12-27/h6-15,20-21,35H,3-5,16-19H2,1-2H3. The number of carbonyl (C=O) groups is 2. The van der Waals surface area contributed by atoms with Crippen molar-refractivity contribution in [3.05, 3.63) is 100.0 Å². The Bertz CT molecular complexity index is 1710. The van der Waals surface area contributed by atoms with Gasteiger partial charge in [0.2, 0.25) is 5.91 Å². The predicted molar refractivity (Wildman–Crippen MR) is 163 cm³/mol. The molecule has 1 aliphatic carbocycles. The highest BCUT2D eigenvalue weighted by Crippen LogP contribution is 2.32. The van der Waals surface area contributed by atoms with Crippen LogP contribution < -0.4 is 20.3 Å². The maximum atomic E-state index is 13.8. The molecule has 10 heteroatoms. The average Bonchev–Trinajstić information content (AvgIpc) is 3.51. The van der Waals surface area contributed by atoms with Crippen molar-refractivity contribution < 1.29 is 19.1 Å². The molecule has 220 valence electrons. The third-order valence-corrected chi connectivity index (χ3v) is 7.97. The number of carbonyl (C=O) groups excluding carboxylic acids is 2. The van der Waals surface area contributed by atoms with E-state index in [4.69, 9.17) is 9.47 Å². The summed E-state index contributed by atoms with van der Waals surface area (Å²) in [4.78, 5) is 42.0. The number of hydrogen-bond donors (Lipinski definition) is 1. The number of amides is 2. The van der Waals surface area contributed by atoms with Crippen molar-refractivity contribution >= 4 is 23.2 Å². The molecule has 3 aromatic carbocycles. The lowest BCUT2D eigenvalue weighted by molar-refractivity contribution is -0.130. The number of fused-ring (bicyclic) bond motifs is 1. The fraction of sp³-hybridized carbons (Fsp3) is 0.273. The molecule has 0 radical (unpaired) electrons. The quantitative estimate of drug-likeness (QED) is 0.342. The van der Waals surface area contributed by atoms with Gasteiger partial charge in [-0.3, -0.25) is 14.4 Å². The number of ether oxygens (including phenoxy) is 2. The highest BCUT2D eigenvalue weighted by atomic mass is 16.5. The number of hydrogen-bond acceptors (Lipinski definition) is 7. The second kappa shape index (κ2) is 12.0. The summed E-state index contributed by atoms with van der Waals surface area (Å²) in [7, 11) is 1.58. The zero-order valence-corrected chi connectivity index (χ0v) is 24.2. The number of nitrogens with one attached hydrogen (secondary N) is 1. The summed E-state index contributed by atoms with van der Waals surface area (Å²) in [6.07, 6.45) is 4.72. The molecule has 0 unspecified atom stereocenters. The van der Waals surface area contributed by atoms with E-state index in [9.17, 15) is 14.4 Å². The first-order valence-electron chi connectivity index (χ1n) is 14.4. The summed E-state index contributed by atoms with van der Waals surface area (Å²) in [6, 6.07) is 20.0. The molecule has 2 aliphatic rings. The fourth-order valence-electron chi connectivity index (χ4n) is 5.52. The number of nitrogens with zero attached hydrogens (tertiary/aromatic N) is 4. The Kier molecular flexibility index (Phi) is 7.83. The van der Waals surface area contributed by atoms with Crippen molar-refractivity contribution in [3.8, 4) is 22.9 Å². The van der Waals surface area contributed by atoms with Gasteiger partial charge in [-0.05, 0) is 91.1 Å². The van der Waals surface area contributed by atoms with E-state index in [0.29, 0.717) is 54.6 Å². The van der Waals surface area contributed by atoms with Crippen molar-refractivity contribution in [3.63, 3.8) is 0 Å². The van der Waals surface area contributed by atoms with Gasteiger partial charge in [-0.15, -0.1) is 0 Å². The van der Waals surface area contributed by atoms with Crippen molar-refractivity contribution in [1.29, 1.82) is 0 Å². The summed E-state index contributed by atoms with van der Waals surface area (Å²) in [6.45, 7) is 3.57. The molecule has 10 nitrogen and oxygen atoms in total. The molecule has 43 heavy (non-hydrogen) atoms. The zero-order chi connectivity index (χ0) is 29.9. The number of anilines is 2. The van der Waals surface area contributed by atoms with E-state index in [-0.39, 0.29) is 23.3 Å². The van der Waals surface area contributed by atoms with Gasteiger partial charge in [-0.2, -0.15) is 9.78 Å². The molecule has 0 spiro atoms. The van der Waals surface area contributed by atoms with E-state index >= 15 is 0 Å². The number of rotatable bonds is 7. The Balaban J connectivity index is 1.27. The van der Waals surface area contributed by atoms with Gasteiger partial charge in [0.15, 0.2) is 11.4 Å². The molecule has 6 rings (SSSR count). The van der Waals surface area contributed by atoms with E-state index in [1.165, 1.54) is 22.0 Å². The van der Waals surface area contributed by atoms with Crippen LogP contribution in [0.1, 0.15) is 34.8 Å². The van der Waals surface area contributed by atoms with Crippen LogP contribution in [0.2, 0.25) is 0 Å². The number of methoxy groups -OCH3 is 1. The van der Waals surface area contributed by atoms with Gasteiger partial charge in [0.05, 0.1) is 19.0 Å². The molecule has 0 bridgehead atoms. The van der Waals surface area contributed by atoms with Crippen LogP contribution in [-0.2, 0) is 17.6 Å². The first-order chi connectivity index (χ1) is 20.9. The maximum absolute atomic E-state index is 13.8. The molecule has 4 aromatic rings. The lowest BCUT2D eigenvalue weighted by Crippen LogP contribution is -2.50. The zero-order valence-electron chi connectivity index (χ0n) is 24.2. The molecule has 1 aliphatic heterocycles. The summed E-state index contributed by atoms with van der Waals surface area (Å²) >= 11 is 0. The Labute approximate surface area is 249 Å². The Hall–Kier alpha value is -5.12. The van der Waals surface area contributed by atoms with Crippen molar-refractivity contribution in [2.75, 3.05) is 38.6 Å². The third kappa shape index (κ3) is 5.94. The van der Waals surface area contributed by atoms with Crippen LogP contribution in [0.25, 0.3) is 5.69 Å². The van der Waals surface area contributed by atoms with Crippen molar-refractivity contribution in [1.82, 2.24) is 19.6 Å². The predicted octanol–water partition coefficient (Wildman–Crippen LogP) is 4.57. The number of piperazine rings is 1. The normalized spacial score (nSPS) is 14.3. The van der Waals surface area contributed by atoms with E-state index in [1.807, 2.05) is 12.1 Å². The second-order valence-corrected chi connectivity index (χ2v) is 10.7. The van der Waals surface area contributed by atoms with Crippen molar-refractivity contribution in [2.45, 2.75) is 26.2 Å². The van der Waals surface area contributed by atoms with Gasteiger partial charge in [-0.1, -0.05) is 6.07 Å². The van der Waals surface area contributed by atoms with Gasteiger partial charge >= 0.3 is 0 Å². The molecule has 0 saturated carbocycles. The SMILES string of the molecule is COc1ccc(-n2ncc(Oc3ccc4c(c3)CCC4)c(Nc3ccc(C(=O)N4CCN(C(C)=O)CC4)cc3)c2=O)cc1. The van der Waals surface area contributed by atoms with Gasteiger partial charge in [0.1, 0.15) is 11.5 Å². The Morgan fingerprint density at radius 3 is 2.21 bits per heavy atom. The molecule has 1 aromatic heterocycles. The first kappa shape index (κ1) is 28.0. The molecule has 1 N–H and O–H groups in total. The molecule has 1 saturated heterocycles. The fourth-order valence-corrected chi connectivity index (χ4v) is 5.52. The van der Waals surface area contributed by atoms with Crippen LogP contribution in [0.4, 0.5) is 11.4 Å². The minimum absolute atomic E-state index is 0.0178. The van der Waals surface area contributed by atoms with Crippen LogP contribution in [0.5, 0.6) is 17.2 Å². The van der Waals surface area contributed by atoms with E-state index in [0.717, 1.165) is 19.3 Å². The van der Waals surface area contributed by atoms with Gasteiger partial charge < -0.3 is 24.6 Å². The molecular formula is C33H33N5O5. The minimum atomic E-state index is -0.396. The first-order valence-corrected chi connectivity index (χ1v) is 14.4. The highest BCUT2D eigenvalue weighted by Gasteiger charge is 2.23. The Morgan fingerprint density at radius 2 is 1.51 bits per heavy atom. The van der Waals surface area contributed by atoms with Crippen LogP contribution in [0.3, 0.4) is 0 Å². The summed E-state index contributed by atoms with van der Waals surface area (Å²) in [5, 5.41) is 7.62. The maximum Gasteiger partial charge on any atom is 0.299 e. The van der Waals surface area contributed by atoms with E-state index in [1.54, 1.807) is 72.4 Å². The largest absolute Gasteiger partial charge is 0.497 e. The number of aromatic nitrogens is 2. The molecule has 2 heterocycles. The summed E-state index contributed by atoms with van der Waals surface area (Å²) in [5.41, 5.74) is 4.12. The molecule has 1 fully saturated rings. The topological polar surface area (TPSA) is 106 Å². The van der Waals surface area contributed by atoms with Gasteiger partial charge in [-0.25, -0.2) is 0 Å². The minimum Gasteiger partial charge on any atom is -0.497 e. The van der Waals surface area contributed by atoms with Crippen LogP contribution >= 0.6 is 0 Å². The lowest BCUT2D eigenvalue weighted by Gasteiger charge is -2.34. The summed E-state index contributed by atoms with van der Waals surface area (Å²) in [5.74, 6) is 1.52. The lowest BCUT2D eigenvalue weighted by atomic mass is 10.1. The van der Waals surface area contributed by atoms with Crippen LogP contribution in [-0.4, -0.2) is 64.7 Å². The summed E-state index contributed by atoms with van der Waals surface area (Å²) < 4.78 is 12.8. The number of aryl methyl sites for hydroxylation is 2. The van der Waals surface area contributed by atoms with Crippen molar-refractivity contribution in [2.24, 2.45) is 0 Å². The molecular weight excluding hydrogens is 546 g/mol. The highest BCUT2D eigenvalue weighted by molar-refractivity contribution is 5.95. The average molecular weight is 580 g/mol. The van der Waals surface area contributed by atoms with Crippen LogP contribution in [0.15, 0.2) is 77.7 Å². The van der Waals surface area contributed by atoms with E-state index < -0.39 is 5.56 Å². The third-order valence-electron chi connectivity index (χ3n) is 7.97. The smallest absolute Gasteiger partial charge is 0.299 e. The Morgan fingerprint density at radius 1 is 0.837 bits per heavy atom. The molecule has 2 amide bonds. The number of benzene rings is 3. The van der Waals surface area contributed by atoms with E-state index in [2.05, 4.69) is 16.5 Å².